The average molecular weight is 362 g/mol. The highest BCUT2D eigenvalue weighted by Gasteiger charge is 2.13. The molecule has 0 N–H and O–H groups in total. The van der Waals surface area contributed by atoms with Gasteiger partial charge < -0.3 is 0 Å². The molecule has 0 saturated carbocycles. The summed E-state index contributed by atoms with van der Waals surface area (Å²) in [5.74, 6) is 0.138. The molecule has 0 saturated heterocycles. The summed E-state index contributed by atoms with van der Waals surface area (Å²) < 4.78 is 15.5. The van der Waals surface area contributed by atoms with E-state index in [1.54, 1.807) is 28.8 Å². The van der Waals surface area contributed by atoms with Crippen molar-refractivity contribution in [3.8, 4) is 5.69 Å². The smallest absolute Gasteiger partial charge is 0.266 e. The molecule has 0 atom stereocenters. The largest absolute Gasteiger partial charge is 0.268 e. The van der Waals surface area contributed by atoms with E-state index in [9.17, 15) is 9.18 Å². The standard InChI is InChI=1S/C21H15FN2OS/c22-18-12-6-4-8-15(18)14-26-21-23-19-13-7-5-11-17(19)20(25)24(21)16-9-2-1-3-10-16/h1-13H,14H2. The molecule has 3 aromatic carbocycles. The molecule has 5 heteroatoms. The predicted octanol–water partition coefficient (Wildman–Crippen LogP) is 4.82. The second kappa shape index (κ2) is 7.14. The second-order valence-electron chi connectivity index (χ2n) is 5.77. The van der Waals surface area contributed by atoms with Crippen LogP contribution in [-0.4, -0.2) is 9.55 Å². The topological polar surface area (TPSA) is 34.9 Å². The van der Waals surface area contributed by atoms with Gasteiger partial charge in [0.05, 0.1) is 16.6 Å². The van der Waals surface area contributed by atoms with Gasteiger partial charge in [0.15, 0.2) is 5.16 Å². The van der Waals surface area contributed by atoms with E-state index in [0.717, 1.165) is 5.69 Å². The summed E-state index contributed by atoms with van der Waals surface area (Å²) in [5.41, 5.74) is 1.84. The first kappa shape index (κ1) is 16.5. The van der Waals surface area contributed by atoms with Crippen LogP contribution in [0.15, 0.2) is 88.8 Å². The Morgan fingerprint density at radius 1 is 0.885 bits per heavy atom. The Hall–Kier alpha value is -2.92. The Bertz CT molecular complexity index is 1130. The fourth-order valence-electron chi connectivity index (χ4n) is 2.77. The molecule has 0 spiro atoms. The third-order valence-electron chi connectivity index (χ3n) is 4.07. The van der Waals surface area contributed by atoms with Gasteiger partial charge in [0, 0.05) is 5.75 Å². The second-order valence-corrected chi connectivity index (χ2v) is 6.71. The van der Waals surface area contributed by atoms with Gasteiger partial charge >= 0.3 is 0 Å². The monoisotopic (exact) mass is 362 g/mol. The quantitative estimate of drug-likeness (QED) is 0.386. The summed E-state index contributed by atoms with van der Waals surface area (Å²) in [4.78, 5) is 17.7. The lowest BCUT2D eigenvalue weighted by Gasteiger charge is -2.13. The van der Waals surface area contributed by atoms with Crippen molar-refractivity contribution in [2.45, 2.75) is 10.9 Å². The SMILES string of the molecule is O=c1c2ccccc2nc(SCc2ccccc2F)n1-c1ccccc1. The van der Waals surface area contributed by atoms with Crippen LogP contribution in [0.25, 0.3) is 16.6 Å². The number of hydrogen-bond acceptors (Lipinski definition) is 3. The van der Waals surface area contributed by atoms with Crippen LogP contribution in [0.1, 0.15) is 5.56 Å². The van der Waals surface area contributed by atoms with Gasteiger partial charge in [-0.25, -0.2) is 9.37 Å². The number of thioether (sulfide) groups is 1. The number of fused-ring (bicyclic) bond motifs is 1. The normalized spacial score (nSPS) is 11.0. The van der Waals surface area contributed by atoms with Crippen LogP contribution in [0, 0.1) is 5.82 Å². The molecular formula is C21H15FN2OS. The molecule has 0 fully saturated rings. The van der Waals surface area contributed by atoms with Crippen molar-refractivity contribution in [3.05, 3.63) is 101 Å². The minimum Gasteiger partial charge on any atom is -0.268 e. The maximum atomic E-state index is 13.9. The Labute approximate surface area is 154 Å². The molecular weight excluding hydrogens is 347 g/mol. The maximum absolute atomic E-state index is 13.9. The van der Waals surface area contributed by atoms with Crippen LogP contribution in [0.2, 0.25) is 0 Å². The van der Waals surface area contributed by atoms with Crippen LogP contribution >= 0.6 is 11.8 Å². The molecule has 1 aromatic heterocycles. The predicted molar refractivity (Wildman–Crippen MR) is 103 cm³/mol. The van der Waals surface area contributed by atoms with Crippen LogP contribution < -0.4 is 5.56 Å². The zero-order chi connectivity index (χ0) is 17.9. The lowest BCUT2D eigenvalue weighted by Crippen LogP contribution is -2.21. The highest BCUT2D eigenvalue weighted by molar-refractivity contribution is 7.98. The Kier molecular flexibility index (Phi) is 4.54. The molecule has 26 heavy (non-hydrogen) atoms. The van der Waals surface area contributed by atoms with Gasteiger partial charge in [0.25, 0.3) is 5.56 Å². The van der Waals surface area contributed by atoms with Crippen molar-refractivity contribution in [2.24, 2.45) is 0 Å². The summed E-state index contributed by atoms with van der Waals surface area (Å²) in [6.07, 6.45) is 0. The van der Waals surface area contributed by atoms with Crippen molar-refractivity contribution in [1.82, 2.24) is 9.55 Å². The van der Waals surface area contributed by atoms with Crippen LogP contribution in [-0.2, 0) is 5.75 Å². The van der Waals surface area contributed by atoms with Gasteiger partial charge in [-0.1, -0.05) is 60.3 Å². The number of rotatable bonds is 4. The molecule has 3 nitrogen and oxygen atoms in total. The van der Waals surface area contributed by atoms with Gasteiger partial charge in [-0.3, -0.25) is 9.36 Å². The minimum atomic E-state index is -0.255. The minimum absolute atomic E-state index is 0.127. The molecule has 0 aliphatic heterocycles. The Morgan fingerprint density at radius 2 is 1.58 bits per heavy atom. The van der Waals surface area contributed by atoms with Gasteiger partial charge in [0.1, 0.15) is 5.82 Å². The third-order valence-corrected chi connectivity index (χ3v) is 5.06. The molecule has 4 aromatic rings. The van der Waals surface area contributed by atoms with E-state index >= 15 is 0 Å². The fraction of sp³-hybridized carbons (Fsp3) is 0.0476. The van der Waals surface area contributed by atoms with Gasteiger partial charge in [-0.2, -0.15) is 0 Å². The lowest BCUT2D eigenvalue weighted by atomic mass is 10.2. The van der Waals surface area contributed by atoms with Crippen molar-refractivity contribution in [1.29, 1.82) is 0 Å². The third kappa shape index (κ3) is 3.13. The van der Waals surface area contributed by atoms with Crippen LogP contribution in [0.5, 0.6) is 0 Å². The molecule has 128 valence electrons. The Morgan fingerprint density at radius 3 is 2.38 bits per heavy atom. The molecule has 0 bridgehead atoms. The highest BCUT2D eigenvalue weighted by atomic mass is 32.2. The number of para-hydroxylation sites is 2. The lowest BCUT2D eigenvalue weighted by molar-refractivity contribution is 0.617. The van der Waals surface area contributed by atoms with Crippen molar-refractivity contribution < 1.29 is 4.39 Å². The zero-order valence-electron chi connectivity index (χ0n) is 13.8. The van der Waals surface area contributed by atoms with Gasteiger partial charge in [0.2, 0.25) is 0 Å². The van der Waals surface area contributed by atoms with E-state index in [2.05, 4.69) is 4.98 Å². The molecule has 0 aliphatic carbocycles. The van der Waals surface area contributed by atoms with Crippen LogP contribution in [0.4, 0.5) is 4.39 Å². The first-order valence-electron chi connectivity index (χ1n) is 8.17. The van der Waals surface area contributed by atoms with Crippen LogP contribution in [0.3, 0.4) is 0 Å². The molecule has 1 heterocycles. The maximum Gasteiger partial charge on any atom is 0.266 e. The van der Waals surface area contributed by atoms with Crippen molar-refractivity contribution >= 4 is 22.7 Å². The first-order valence-corrected chi connectivity index (χ1v) is 9.16. The number of benzene rings is 3. The van der Waals surface area contributed by atoms with Gasteiger partial charge in [-0.15, -0.1) is 0 Å². The number of halogens is 1. The molecule has 0 aliphatic rings. The fourth-order valence-corrected chi connectivity index (χ4v) is 3.77. The highest BCUT2D eigenvalue weighted by Crippen LogP contribution is 2.25. The van der Waals surface area contributed by atoms with E-state index in [1.807, 2.05) is 48.5 Å². The first-order chi connectivity index (χ1) is 12.7. The van der Waals surface area contributed by atoms with E-state index < -0.39 is 0 Å². The molecule has 0 unspecified atom stereocenters. The van der Waals surface area contributed by atoms with E-state index in [-0.39, 0.29) is 11.4 Å². The average Bonchev–Trinajstić information content (AvgIpc) is 2.68. The zero-order valence-corrected chi connectivity index (χ0v) is 14.6. The summed E-state index contributed by atoms with van der Waals surface area (Å²) in [7, 11) is 0. The van der Waals surface area contributed by atoms with Crippen molar-refractivity contribution in [2.75, 3.05) is 0 Å². The number of aromatic nitrogens is 2. The molecule has 0 radical (unpaired) electrons. The summed E-state index contributed by atoms with van der Waals surface area (Å²) in [5, 5.41) is 1.11. The number of hydrogen-bond donors (Lipinski definition) is 0. The van der Waals surface area contributed by atoms with Gasteiger partial charge in [-0.05, 0) is 35.9 Å². The number of nitrogens with zero attached hydrogens (tertiary/aromatic N) is 2. The molecule has 4 rings (SSSR count). The summed E-state index contributed by atoms with van der Waals surface area (Å²) in [6, 6.07) is 23.3. The van der Waals surface area contributed by atoms with Crippen molar-refractivity contribution in [3.63, 3.8) is 0 Å². The van der Waals surface area contributed by atoms with E-state index in [0.29, 0.717) is 27.4 Å². The Balaban J connectivity index is 1.84. The van der Waals surface area contributed by atoms with E-state index in [4.69, 9.17) is 0 Å². The molecule has 0 amide bonds. The summed E-state index contributed by atoms with van der Waals surface area (Å²) >= 11 is 1.35. The summed E-state index contributed by atoms with van der Waals surface area (Å²) in [6.45, 7) is 0. The van der Waals surface area contributed by atoms with E-state index in [1.165, 1.54) is 17.8 Å².